The molecule has 7 heteroatoms. The molecule has 0 unspecified atom stereocenters. The molecule has 0 aromatic heterocycles. The summed E-state index contributed by atoms with van der Waals surface area (Å²) in [7, 11) is 0. The number of oxime groups is 1. The number of nitrogens with zero attached hydrogens (tertiary/aromatic N) is 3. The van der Waals surface area contributed by atoms with E-state index in [1.807, 2.05) is 30.3 Å². The number of hydrazone groups is 1. The zero-order valence-electron chi connectivity index (χ0n) is 13.4. The maximum atomic E-state index is 12.2. The molecule has 0 bridgehead atoms. The lowest BCUT2D eigenvalue weighted by Crippen LogP contribution is -2.27. The normalized spacial score (nSPS) is 14.4. The van der Waals surface area contributed by atoms with Gasteiger partial charge in [-0.25, -0.2) is 5.01 Å². The van der Waals surface area contributed by atoms with E-state index in [4.69, 9.17) is 22.2 Å². The first-order chi connectivity index (χ1) is 12.1. The number of amides is 1. The molecule has 0 saturated carbocycles. The third-order valence-electron chi connectivity index (χ3n) is 3.67. The zero-order chi connectivity index (χ0) is 17.6. The topological polar surface area (TPSA) is 80.3 Å². The third kappa shape index (κ3) is 4.36. The highest BCUT2D eigenvalue weighted by Gasteiger charge is 2.21. The van der Waals surface area contributed by atoms with Gasteiger partial charge in [0.05, 0.1) is 12.3 Å². The molecular formula is C18H17ClN4O2. The Bertz CT molecular complexity index is 821. The molecule has 25 heavy (non-hydrogen) atoms. The summed E-state index contributed by atoms with van der Waals surface area (Å²) in [5, 5.41) is 10.1. The Balaban J connectivity index is 1.56. The zero-order valence-corrected chi connectivity index (χ0v) is 14.2. The van der Waals surface area contributed by atoms with Crippen LogP contribution < -0.4 is 5.73 Å². The van der Waals surface area contributed by atoms with Gasteiger partial charge in [0.25, 0.3) is 5.91 Å². The number of nitrogens with two attached hydrogens (primary N) is 1. The number of hydrogen-bond donors (Lipinski definition) is 1. The lowest BCUT2D eigenvalue weighted by Gasteiger charge is -2.10. The van der Waals surface area contributed by atoms with Gasteiger partial charge in [0.2, 0.25) is 0 Å². The highest BCUT2D eigenvalue weighted by Crippen LogP contribution is 2.14. The predicted octanol–water partition coefficient (Wildman–Crippen LogP) is 2.61. The molecular weight excluding hydrogens is 340 g/mol. The van der Waals surface area contributed by atoms with E-state index in [9.17, 15) is 4.79 Å². The van der Waals surface area contributed by atoms with Crippen molar-refractivity contribution in [3.63, 3.8) is 0 Å². The fourth-order valence-corrected chi connectivity index (χ4v) is 2.59. The van der Waals surface area contributed by atoms with E-state index in [2.05, 4.69) is 10.3 Å². The van der Waals surface area contributed by atoms with Crippen LogP contribution in [0.1, 0.15) is 17.5 Å². The largest absolute Gasteiger partial charge is 0.384 e. The molecule has 2 aromatic rings. The van der Waals surface area contributed by atoms with Crippen molar-refractivity contribution in [1.82, 2.24) is 5.01 Å². The van der Waals surface area contributed by atoms with Crippen LogP contribution >= 0.6 is 11.6 Å². The highest BCUT2D eigenvalue weighted by molar-refractivity contribution is 6.31. The summed E-state index contributed by atoms with van der Waals surface area (Å²) in [4.78, 5) is 17.2. The second kappa shape index (κ2) is 7.81. The number of carbonyl (C=O) groups is 1. The van der Waals surface area contributed by atoms with Crippen LogP contribution in [0, 0.1) is 0 Å². The van der Waals surface area contributed by atoms with Crippen LogP contribution in [0.4, 0.5) is 0 Å². The van der Waals surface area contributed by atoms with E-state index in [1.54, 1.807) is 24.3 Å². The van der Waals surface area contributed by atoms with Gasteiger partial charge in [0, 0.05) is 17.0 Å². The Morgan fingerprint density at radius 3 is 2.80 bits per heavy atom. The number of hydrogen-bond acceptors (Lipinski definition) is 4. The second-order valence-corrected chi connectivity index (χ2v) is 5.88. The average Bonchev–Trinajstić information content (AvgIpc) is 3.12. The fraction of sp³-hybridized carbons (Fsp3) is 0.167. The minimum absolute atomic E-state index is 0.158. The van der Waals surface area contributed by atoms with Gasteiger partial charge in [-0.3, -0.25) is 4.79 Å². The Kier molecular flexibility index (Phi) is 5.30. The van der Waals surface area contributed by atoms with E-state index >= 15 is 0 Å². The number of rotatable bonds is 5. The van der Waals surface area contributed by atoms with Crippen LogP contribution in [0.3, 0.4) is 0 Å². The molecule has 0 fully saturated rings. The number of halogens is 1. The molecule has 0 saturated heterocycles. The van der Waals surface area contributed by atoms with Gasteiger partial charge < -0.3 is 10.6 Å². The molecule has 1 heterocycles. The Labute approximate surface area is 150 Å². The van der Waals surface area contributed by atoms with Crippen molar-refractivity contribution in [1.29, 1.82) is 0 Å². The van der Waals surface area contributed by atoms with E-state index in [0.717, 1.165) is 11.3 Å². The summed E-state index contributed by atoms with van der Waals surface area (Å²) in [6.07, 6.45) is 0.712. The molecule has 3 rings (SSSR count). The van der Waals surface area contributed by atoms with Gasteiger partial charge >= 0.3 is 0 Å². The van der Waals surface area contributed by atoms with Crippen molar-refractivity contribution >= 4 is 29.1 Å². The van der Waals surface area contributed by atoms with E-state index in [-0.39, 0.29) is 18.3 Å². The predicted molar refractivity (Wildman–Crippen MR) is 97.4 cm³/mol. The number of carbonyl (C=O) groups excluding carboxylic acids is 1. The Hall–Kier alpha value is -2.86. The van der Waals surface area contributed by atoms with Crippen molar-refractivity contribution in [2.75, 3.05) is 13.2 Å². The van der Waals surface area contributed by atoms with Crippen molar-refractivity contribution in [3.05, 3.63) is 70.7 Å². The van der Waals surface area contributed by atoms with Crippen molar-refractivity contribution in [3.8, 4) is 0 Å². The van der Waals surface area contributed by atoms with E-state index in [0.29, 0.717) is 23.6 Å². The molecule has 1 amide bonds. The summed E-state index contributed by atoms with van der Waals surface area (Å²) in [6, 6.07) is 16.7. The summed E-state index contributed by atoms with van der Waals surface area (Å²) < 4.78 is 0. The van der Waals surface area contributed by atoms with Crippen LogP contribution in [0.5, 0.6) is 0 Å². The van der Waals surface area contributed by atoms with Gasteiger partial charge in [-0.1, -0.05) is 59.2 Å². The molecule has 128 valence electrons. The van der Waals surface area contributed by atoms with Crippen LogP contribution in [0.25, 0.3) is 0 Å². The quantitative estimate of drug-likeness (QED) is 0.508. The SMILES string of the molecule is N/C(=N\OCC(=O)N1CCC(c2ccccc2)=N1)c1cccc(Cl)c1. The van der Waals surface area contributed by atoms with Gasteiger partial charge in [-0.2, -0.15) is 5.10 Å². The first kappa shape index (κ1) is 17.0. The first-order valence-electron chi connectivity index (χ1n) is 7.78. The van der Waals surface area contributed by atoms with Gasteiger partial charge in [0.1, 0.15) is 0 Å². The van der Waals surface area contributed by atoms with Crippen LogP contribution in [-0.4, -0.2) is 35.6 Å². The molecule has 6 nitrogen and oxygen atoms in total. The van der Waals surface area contributed by atoms with Crippen LogP contribution in [-0.2, 0) is 9.63 Å². The molecule has 1 aliphatic rings. The smallest absolute Gasteiger partial charge is 0.283 e. The van der Waals surface area contributed by atoms with E-state index < -0.39 is 0 Å². The third-order valence-corrected chi connectivity index (χ3v) is 3.90. The summed E-state index contributed by atoms with van der Waals surface area (Å²) in [5.41, 5.74) is 8.35. The standard InChI is InChI=1S/C18H17ClN4O2/c19-15-8-4-7-14(11-15)18(20)22-25-12-17(24)23-10-9-16(21-23)13-5-2-1-3-6-13/h1-8,11H,9-10,12H2,(H2,20,22). The van der Waals surface area contributed by atoms with Crippen LogP contribution in [0.15, 0.2) is 64.9 Å². The molecule has 0 radical (unpaired) electrons. The Morgan fingerprint density at radius 1 is 1.24 bits per heavy atom. The molecule has 0 atom stereocenters. The van der Waals surface area contributed by atoms with Gasteiger partial charge in [-0.15, -0.1) is 0 Å². The van der Waals surface area contributed by atoms with E-state index in [1.165, 1.54) is 5.01 Å². The maximum absolute atomic E-state index is 12.2. The van der Waals surface area contributed by atoms with Crippen molar-refractivity contribution in [2.24, 2.45) is 16.0 Å². The van der Waals surface area contributed by atoms with Gasteiger partial charge in [-0.05, 0) is 17.7 Å². The molecule has 2 aromatic carbocycles. The molecule has 0 aliphatic carbocycles. The first-order valence-corrected chi connectivity index (χ1v) is 8.16. The average molecular weight is 357 g/mol. The minimum atomic E-state index is -0.270. The molecule has 1 aliphatic heterocycles. The lowest BCUT2D eigenvalue weighted by molar-refractivity contribution is -0.135. The number of benzene rings is 2. The summed E-state index contributed by atoms with van der Waals surface area (Å²) in [5.74, 6) is -0.112. The highest BCUT2D eigenvalue weighted by atomic mass is 35.5. The molecule has 2 N–H and O–H groups in total. The second-order valence-electron chi connectivity index (χ2n) is 5.44. The molecule has 0 spiro atoms. The monoisotopic (exact) mass is 356 g/mol. The maximum Gasteiger partial charge on any atom is 0.283 e. The fourth-order valence-electron chi connectivity index (χ4n) is 2.40. The minimum Gasteiger partial charge on any atom is -0.384 e. The van der Waals surface area contributed by atoms with Crippen LogP contribution in [0.2, 0.25) is 5.02 Å². The lowest BCUT2D eigenvalue weighted by atomic mass is 10.1. The van der Waals surface area contributed by atoms with Crippen molar-refractivity contribution in [2.45, 2.75) is 6.42 Å². The van der Waals surface area contributed by atoms with Crippen molar-refractivity contribution < 1.29 is 9.63 Å². The number of amidine groups is 1. The summed E-state index contributed by atoms with van der Waals surface area (Å²) >= 11 is 5.90. The summed E-state index contributed by atoms with van der Waals surface area (Å²) in [6.45, 7) is 0.298. The Morgan fingerprint density at radius 2 is 2.04 bits per heavy atom. The van der Waals surface area contributed by atoms with Gasteiger partial charge in [0.15, 0.2) is 12.4 Å².